The zero-order chi connectivity index (χ0) is 17.4. The number of rotatable bonds is 7. The van der Waals surface area contributed by atoms with Crippen molar-refractivity contribution in [2.45, 2.75) is 19.4 Å². The molecule has 0 saturated carbocycles. The largest absolute Gasteiger partial charge is 0.497 e. The van der Waals surface area contributed by atoms with E-state index in [1.54, 1.807) is 26.3 Å². The van der Waals surface area contributed by atoms with Crippen LogP contribution in [0.5, 0.6) is 5.75 Å². The third-order valence-corrected chi connectivity index (χ3v) is 3.73. The second-order valence-corrected chi connectivity index (χ2v) is 5.40. The van der Waals surface area contributed by atoms with E-state index in [-0.39, 0.29) is 11.8 Å². The zero-order valence-corrected chi connectivity index (χ0v) is 14.0. The SMILES string of the molecule is CNC(=O)c1ccc(CNC(=O)CCc2ccc(OC)cc2)cc1. The molecule has 126 valence electrons. The minimum absolute atomic E-state index is 0.00111. The highest BCUT2D eigenvalue weighted by molar-refractivity contribution is 5.93. The molecule has 2 aromatic carbocycles. The molecule has 2 aromatic rings. The van der Waals surface area contributed by atoms with Crippen LogP contribution in [-0.4, -0.2) is 26.0 Å². The summed E-state index contributed by atoms with van der Waals surface area (Å²) in [5.41, 5.74) is 2.66. The number of nitrogens with one attached hydrogen (secondary N) is 2. The lowest BCUT2D eigenvalue weighted by Gasteiger charge is -2.07. The molecule has 2 N–H and O–H groups in total. The molecule has 0 spiro atoms. The van der Waals surface area contributed by atoms with Crippen molar-refractivity contribution >= 4 is 11.8 Å². The summed E-state index contributed by atoms with van der Waals surface area (Å²) >= 11 is 0. The second-order valence-electron chi connectivity index (χ2n) is 5.40. The topological polar surface area (TPSA) is 67.4 Å². The molecule has 0 unspecified atom stereocenters. The van der Waals surface area contributed by atoms with Gasteiger partial charge in [-0.2, -0.15) is 0 Å². The van der Waals surface area contributed by atoms with Crippen LogP contribution >= 0.6 is 0 Å². The van der Waals surface area contributed by atoms with Crippen LogP contribution in [0.2, 0.25) is 0 Å². The first-order chi connectivity index (χ1) is 11.6. The average molecular weight is 326 g/mol. The Balaban J connectivity index is 1.77. The molecule has 5 heteroatoms. The summed E-state index contributed by atoms with van der Waals surface area (Å²) in [6.07, 6.45) is 1.12. The third-order valence-electron chi connectivity index (χ3n) is 3.73. The summed E-state index contributed by atoms with van der Waals surface area (Å²) in [5, 5.41) is 5.46. The molecule has 2 rings (SSSR count). The van der Waals surface area contributed by atoms with Gasteiger partial charge in [-0.05, 0) is 41.8 Å². The summed E-state index contributed by atoms with van der Waals surface area (Å²) in [6, 6.07) is 14.9. The summed E-state index contributed by atoms with van der Waals surface area (Å²) in [4.78, 5) is 23.4. The summed E-state index contributed by atoms with van der Waals surface area (Å²) in [6.45, 7) is 0.454. The van der Waals surface area contributed by atoms with Gasteiger partial charge in [0.05, 0.1) is 7.11 Å². The Morgan fingerprint density at radius 1 is 0.958 bits per heavy atom. The van der Waals surface area contributed by atoms with Crippen LogP contribution in [0.1, 0.15) is 27.9 Å². The Morgan fingerprint density at radius 3 is 2.17 bits per heavy atom. The highest BCUT2D eigenvalue weighted by Crippen LogP contribution is 2.12. The van der Waals surface area contributed by atoms with Crippen molar-refractivity contribution in [2.75, 3.05) is 14.2 Å². The first-order valence-corrected chi connectivity index (χ1v) is 7.83. The van der Waals surface area contributed by atoms with Crippen LogP contribution in [0, 0.1) is 0 Å². The Morgan fingerprint density at radius 2 is 1.58 bits per heavy atom. The number of carbonyl (C=O) groups is 2. The molecule has 0 aliphatic rings. The van der Waals surface area contributed by atoms with Crippen molar-refractivity contribution in [3.8, 4) is 5.75 Å². The van der Waals surface area contributed by atoms with E-state index < -0.39 is 0 Å². The Labute approximate surface area is 142 Å². The van der Waals surface area contributed by atoms with E-state index in [1.165, 1.54) is 0 Å². The lowest BCUT2D eigenvalue weighted by molar-refractivity contribution is -0.121. The number of aryl methyl sites for hydroxylation is 1. The number of methoxy groups -OCH3 is 1. The van der Waals surface area contributed by atoms with Gasteiger partial charge in [-0.3, -0.25) is 9.59 Å². The number of carbonyl (C=O) groups excluding carboxylic acids is 2. The minimum Gasteiger partial charge on any atom is -0.497 e. The minimum atomic E-state index is -0.120. The smallest absolute Gasteiger partial charge is 0.251 e. The van der Waals surface area contributed by atoms with E-state index in [0.29, 0.717) is 24.9 Å². The lowest BCUT2D eigenvalue weighted by atomic mass is 10.1. The van der Waals surface area contributed by atoms with Gasteiger partial charge in [-0.1, -0.05) is 24.3 Å². The molecule has 2 amide bonds. The molecule has 0 atom stereocenters. The maximum absolute atomic E-state index is 11.9. The third kappa shape index (κ3) is 5.12. The fourth-order valence-corrected chi connectivity index (χ4v) is 2.26. The molecule has 0 fully saturated rings. The highest BCUT2D eigenvalue weighted by Gasteiger charge is 2.05. The molecule has 0 radical (unpaired) electrons. The Hall–Kier alpha value is -2.82. The molecular formula is C19H22N2O3. The fraction of sp³-hybridized carbons (Fsp3) is 0.263. The van der Waals surface area contributed by atoms with Gasteiger partial charge >= 0.3 is 0 Å². The van der Waals surface area contributed by atoms with Crippen molar-refractivity contribution < 1.29 is 14.3 Å². The van der Waals surface area contributed by atoms with Gasteiger partial charge < -0.3 is 15.4 Å². The molecule has 24 heavy (non-hydrogen) atoms. The maximum atomic E-state index is 11.9. The zero-order valence-electron chi connectivity index (χ0n) is 14.0. The second kappa shape index (κ2) is 8.72. The molecule has 0 bridgehead atoms. The standard InChI is InChI=1S/C19H22N2O3/c1-20-19(23)16-8-3-15(4-9-16)13-21-18(22)12-7-14-5-10-17(24-2)11-6-14/h3-6,8-11H,7,12-13H2,1-2H3,(H,20,23)(H,21,22). The molecule has 0 saturated heterocycles. The Kier molecular flexibility index (Phi) is 6.37. The number of hydrogen-bond donors (Lipinski definition) is 2. The van der Waals surface area contributed by atoms with E-state index in [1.807, 2.05) is 36.4 Å². The van der Waals surface area contributed by atoms with Crippen LogP contribution < -0.4 is 15.4 Å². The number of hydrogen-bond acceptors (Lipinski definition) is 3. The number of benzene rings is 2. The molecule has 0 aliphatic heterocycles. The van der Waals surface area contributed by atoms with Gasteiger partial charge in [0.25, 0.3) is 5.91 Å². The van der Waals surface area contributed by atoms with Gasteiger partial charge in [-0.25, -0.2) is 0 Å². The molecular weight excluding hydrogens is 304 g/mol. The van der Waals surface area contributed by atoms with E-state index in [0.717, 1.165) is 16.9 Å². The van der Waals surface area contributed by atoms with Crippen molar-refractivity contribution in [2.24, 2.45) is 0 Å². The number of ether oxygens (including phenoxy) is 1. The van der Waals surface area contributed by atoms with Crippen LogP contribution in [0.4, 0.5) is 0 Å². The van der Waals surface area contributed by atoms with Crippen LogP contribution in [0.25, 0.3) is 0 Å². The van der Waals surface area contributed by atoms with Crippen molar-refractivity contribution in [1.82, 2.24) is 10.6 Å². The molecule has 5 nitrogen and oxygen atoms in total. The lowest BCUT2D eigenvalue weighted by Crippen LogP contribution is -2.23. The summed E-state index contributed by atoms with van der Waals surface area (Å²) < 4.78 is 5.11. The van der Waals surface area contributed by atoms with Gasteiger partial charge in [0.2, 0.25) is 5.91 Å². The van der Waals surface area contributed by atoms with Crippen LogP contribution in [0.15, 0.2) is 48.5 Å². The molecule has 0 heterocycles. The molecule has 0 aliphatic carbocycles. The van der Waals surface area contributed by atoms with Gasteiger partial charge in [0.1, 0.15) is 5.75 Å². The van der Waals surface area contributed by atoms with Crippen molar-refractivity contribution in [3.05, 3.63) is 65.2 Å². The predicted octanol–water partition coefficient (Wildman–Crippen LogP) is 2.30. The summed E-state index contributed by atoms with van der Waals surface area (Å²) in [5.74, 6) is 0.690. The van der Waals surface area contributed by atoms with Gasteiger partial charge in [-0.15, -0.1) is 0 Å². The maximum Gasteiger partial charge on any atom is 0.251 e. The van der Waals surface area contributed by atoms with Crippen molar-refractivity contribution in [1.29, 1.82) is 0 Å². The first kappa shape index (κ1) is 17.5. The predicted molar refractivity (Wildman–Crippen MR) is 93.0 cm³/mol. The van der Waals surface area contributed by atoms with Crippen molar-refractivity contribution in [3.63, 3.8) is 0 Å². The quantitative estimate of drug-likeness (QED) is 0.820. The number of amides is 2. The van der Waals surface area contributed by atoms with Gasteiger partial charge in [0.15, 0.2) is 0 Å². The van der Waals surface area contributed by atoms with Crippen LogP contribution in [-0.2, 0) is 17.8 Å². The molecule has 0 aromatic heterocycles. The average Bonchev–Trinajstić information content (AvgIpc) is 2.64. The van der Waals surface area contributed by atoms with Crippen LogP contribution in [0.3, 0.4) is 0 Å². The van der Waals surface area contributed by atoms with E-state index in [2.05, 4.69) is 10.6 Å². The fourth-order valence-electron chi connectivity index (χ4n) is 2.26. The highest BCUT2D eigenvalue weighted by atomic mass is 16.5. The monoisotopic (exact) mass is 326 g/mol. The van der Waals surface area contributed by atoms with E-state index >= 15 is 0 Å². The normalized spacial score (nSPS) is 10.1. The van der Waals surface area contributed by atoms with E-state index in [4.69, 9.17) is 4.74 Å². The summed E-state index contributed by atoms with van der Waals surface area (Å²) in [7, 11) is 3.23. The Bertz CT molecular complexity index is 679. The first-order valence-electron chi connectivity index (χ1n) is 7.83. The van der Waals surface area contributed by atoms with Gasteiger partial charge in [0, 0.05) is 25.6 Å². The van der Waals surface area contributed by atoms with E-state index in [9.17, 15) is 9.59 Å².